The van der Waals surface area contributed by atoms with Crippen LogP contribution in [0.5, 0.6) is 11.5 Å². The van der Waals surface area contributed by atoms with Gasteiger partial charge >= 0.3 is 5.97 Å². The van der Waals surface area contributed by atoms with E-state index in [4.69, 9.17) is 24.4 Å². The van der Waals surface area contributed by atoms with Gasteiger partial charge in [0.1, 0.15) is 24.4 Å². The largest absolute Gasteiger partial charge is 0.493 e. The fraction of sp³-hybridized carbons (Fsp3) is 0.500. The van der Waals surface area contributed by atoms with Crippen LogP contribution < -0.4 is 9.47 Å². The van der Waals surface area contributed by atoms with Crippen LogP contribution in [0.1, 0.15) is 10.4 Å². The highest BCUT2D eigenvalue weighted by molar-refractivity contribution is 5.88. The van der Waals surface area contributed by atoms with E-state index < -0.39 is 43.3 Å². The average molecular weight is 330 g/mol. The van der Waals surface area contributed by atoms with Crippen LogP contribution in [0.25, 0.3) is 0 Å². The number of benzene rings is 1. The third kappa shape index (κ3) is 3.54. The Kier molecular flexibility index (Phi) is 5.39. The minimum atomic E-state index is -1.57. The first-order valence-electron chi connectivity index (χ1n) is 6.77. The van der Waals surface area contributed by atoms with E-state index in [1.54, 1.807) is 0 Å². The highest BCUT2D eigenvalue weighted by Gasteiger charge is 2.44. The molecule has 2 rings (SSSR count). The Morgan fingerprint density at radius 1 is 1.17 bits per heavy atom. The number of aliphatic hydroxyl groups excluding tert-OH is 4. The summed E-state index contributed by atoms with van der Waals surface area (Å²) in [6, 6.07) is 3.80. The third-order valence-corrected chi connectivity index (χ3v) is 3.50. The first kappa shape index (κ1) is 17.4. The molecule has 1 saturated heterocycles. The van der Waals surface area contributed by atoms with Crippen LogP contribution >= 0.6 is 0 Å². The SMILES string of the molecule is COc1cc(C(=O)O)ccc1O[C@H]1O[C@@H](CO)[C@@H](O)[C@@H](O)[C@H]1O. The molecule has 1 aliphatic rings. The Hall–Kier alpha value is -1.91. The summed E-state index contributed by atoms with van der Waals surface area (Å²) in [6.07, 6.45) is -7.13. The highest BCUT2D eigenvalue weighted by atomic mass is 16.7. The van der Waals surface area contributed by atoms with Gasteiger partial charge in [0.05, 0.1) is 19.3 Å². The van der Waals surface area contributed by atoms with E-state index in [1.165, 1.54) is 25.3 Å². The zero-order valence-electron chi connectivity index (χ0n) is 12.2. The van der Waals surface area contributed by atoms with Gasteiger partial charge in [0.25, 0.3) is 0 Å². The summed E-state index contributed by atoms with van der Waals surface area (Å²) in [7, 11) is 1.31. The lowest BCUT2D eigenvalue weighted by Gasteiger charge is -2.39. The van der Waals surface area contributed by atoms with Crippen molar-refractivity contribution in [1.29, 1.82) is 0 Å². The quantitative estimate of drug-likeness (QED) is 0.438. The second-order valence-electron chi connectivity index (χ2n) is 4.99. The molecule has 0 unspecified atom stereocenters. The fourth-order valence-electron chi connectivity index (χ4n) is 2.19. The van der Waals surface area contributed by atoms with Gasteiger partial charge in [-0.1, -0.05) is 0 Å². The number of rotatable bonds is 5. The van der Waals surface area contributed by atoms with Crippen molar-refractivity contribution in [1.82, 2.24) is 0 Å². The Labute approximate surface area is 131 Å². The molecule has 1 aromatic rings. The van der Waals surface area contributed by atoms with E-state index in [2.05, 4.69) is 0 Å². The second kappa shape index (κ2) is 7.11. The second-order valence-corrected chi connectivity index (χ2v) is 4.99. The van der Waals surface area contributed by atoms with Crippen molar-refractivity contribution in [3.63, 3.8) is 0 Å². The Morgan fingerprint density at radius 3 is 2.43 bits per heavy atom. The van der Waals surface area contributed by atoms with Crippen LogP contribution in [-0.4, -0.2) is 75.9 Å². The summed E-state index contributed by atoms with van der Waals surface area (Å²) in [4.78, 5) is 10.9. The van der Waals surface area contributed by atoms with Crippen molar-refractivity contribution in [2.75, 3.05) is 13.7 Å². The molecule has 0 aliphatic carbocycles. The molecule has 23 heavy (non-hydrogen) atoms. The number of aromatic carboxylic acids is 1. The molecular formula is C14H18O9. The van der Waals surface area contributed by atoms with Gasteiger partial charge in [-0.05, 0) is 18.2 Å². The van der Waals surface area contributed by atoms with E-state index in [-0.39, 0.29) is 17.1 Å². The molecule has 0 spiro atoms. The molecular weight excluding hydrogens is 312 g/mol. The van der Waals surface area contributed by atoms with Gasteiger partial charge in [-0.25, -0.2) is 4.79 Å². The van der Waals surface area contributed by atoms with Crippen LogP contribution in [0.15, 0.2) is 18.2 Å². The number of methoxy groups -OCH3 is 1. The van der Waals surface area contributed by atoms with E-state index in [9.17, 15) is 20.1 Å². The summed E-state index contributed by atoms with van der Waals surface area (Å²) in [5.41, 5.74) is -0.0250. The van der Waals surface area contributed by atoms with Crippen molar-refractivity contribution >= 4 is 5.97 Å². The number of ether oxygens (including phenoxy) is 3. The van der Waals surface area contributed by atoms with Gasteiger partial charge in [0.2, 0.25) is 6.29 Å². The van der Waals surface area contributed by atoms with Crippen molar-refractivity contribution in [3.05, 3.63) is 23.8 Å². The van der Waals surface area contributed by atoms with Gasteiger partial charge in [-0.2, -0.15) is 0 Å². The van der Waals surface area contributed by atoms with Crippen LogP contribution in [0.2, 0.25) is 0 Å². The zero-order chi connectivity index (χ0) is 17.1. The molecule has 9 nitrogen and oxygen atoms in total. The number of hydrogen-bond acceptors (Lipinski definition) is 8. The van der Waals surface area contributed by atoms with Crippen molar-refractivity contribution < 1.29 is 44.5 Å². The van der Waals surface area contributed by atoms with Crippen LogP contribution in [0.3, 0.4) is 0 Å². The molecule has 5 N–H and O–H groups in total. The minimum Gasteiger partial charge on any atom is -0.493 e. The fourth-order valence-corrected chi connectivity index (χ4v) is 2.19. The summed E-state index contributed by atoms with van der Waals surface area (Å²) < 4.78 is 15.6. The van der Waals surface area contributed by atoms with E-state index in [0.717, 1.165) is 0 Å². The lowest BCUT2D eigenvalue weighted by atomic mass is 9.99. The molecule has 1 heterocycles. The number of carboxylic acids is 1. The zero-order valence-corrected chi connectivity index (χ0v) is 12.2. The summed E-state index contributed by atoms with van der Waals surface area (Å²) >= 11 is 0. The Balaban J connectivity index is 2.22. The molecule has 0 bridgehead atoms. The molecule has 128 valence electrons. The van der Waals surface area contributed by atoms with Crippen LogP contribution in [0, 0.1) is 0 Å². The molecule has 0 aromatic heterocycles. The molecule has 1 aromatic carbocycles. The number of carboxylic acid groups (broad SMARTS) is 1. The Morgan fingerprint density at radius 2 is 1.87 bits per heavy atom. The van der Waals surface area contributed by atoms with Gasteiger partial charge in [0, 0.05) is 0 Å². The maximum Gasteiger partial charge on any atom is 0.335 e. The number of carbonyl (C=O) groups is 1. The maximum absolute atomic E-state index is 10.9. The van der Waals surface area contributed by atoms with Crippen LogP contribution in [-0.2, 0) is 4.74 Å². The molecule has 0 radical (unpaired) electrons. The van der Waals surface area contributed by atoms with Crippen molar-refractivity contribution in [2.24, 2.45) is 0 Å². The van der Waals surface area contributed by atoms with E-state index in [1.807, 2.05) is 0 Å². The lowest BCUT2D eigenvalue weighted by molar-refractivity contribution is -0.277. The maximum atomic E-state index is 10.9. The molecule has 0 amide bonds. The number of hydrogen-bond donors (Lipinski definition) is 5. The summed E-state index contributed by atoms with van der Waals surface area (Å²) in [5.74, 6) is -0.994. The predicted octanol–water partition coefficient (Wildman–Crippen LogP) is -1.43. The van der Waals surface area contributed by atoms with E-state index in [0.29, 0.717) is 0 Å². The monoisotopic (exact) mass is 330 g/mol. The Bertz CT molecular complexity index is 559. The first-order chi connectivity index (χ1) is 10.9. The minimum absolute atomic E-state index is 0.0250. The van der Waals surface area contributed by atoms with Crippen LogP contribution in [0.4, 0.5) is 0 Å². The smallest absolute Gasteiger partial charge is 0.335 e. The molecule has 9 heteroatoms. The lowest BCUT2D eigenvalue weighted by Crippen LogP contribution is -2.60. The summed E-state index contributed by atoms with van der Waals surface area (Å²) in [5, 5.41) is 47.4. The van der Waals surface area contributed by atoms with Gasteiger partial charge < -0.3 is 39.7 Å². The van der Waals surface area contributed by atoms with Gasteiger partial charge in [-0.3, -0.25) is 0 Å². The highest BCUT2D eigenvalue weighted by Crippen LogP contribution is 2.31. The normalized spacial score (nSPS) is 30.7. The van der Waals surface area contributed by atoms with Gasteiger partial charge in [-0.15, -0.1) is 0 Å². The number of aliphatic hydroxyl groups is 4. The van der Waals surface area contributed by atoms with Crippen molar-refractivity contribution in [2.45, 2.75) is 30.7 Å². The van der Waals surface area contributed by atoms with E-state index >= 15 is 0 Å². The molecule has 1 fully saturated rings. The average Bonchev–Trinajstić information content (AvgIpc) is 2.55. The third-order valence-electron chi connectivity index (χ3n) is 3.50. The molecule has 5 atom stereocenters. The first-order valence-corrected chi connectivity index (χ1v) is 6.77. The summed E-state index contributed by atoms with van der Waals surface area (Å²) in [6.45, 7) is -0.583. The van der Waals surface area contributed by atoms with Gasteiger partial charge in [0.15, 0.2) is 11.5 Å². The predicted molar refractivity (Wildman–Crippen MR) is 74.3 cm³/mol. The molecule has 0 saturated carbocycles. The standard InChI is InChI=1S/C14H18O9/c1-21-8-4-6(13(19)20)2-3-7(8)22-14-12(18)11(17)10(16)9(5-15)23-14/h2-4,9-12,14-18H,5H2,1H3,(H,19,20)/t9-,10+,11+,12+,14-/m0/s1. The topological polar surface area (TPSA) is 146 Å². The van der Waals surface area contributed by atoms with Crippen molar-refractivity contribution in [3.8, 4) is 11.5 Å². The molecule has 1 aliphatic heterocycles.